The van der Waals surface area contributed by atoms with Gasteiger partial charge in [0, 0.05) is 12.1 Å². The average molecular weight is 350 g/mol. The fourth-order valence-corrected chi connectivity index (χ4v) is 3.42. The van der Waals surface area contributed by atoms with E-state index in [1.54, 1.807) is 12.3 Å². The third-order valence-electron chi connectivity index (χ3n) is 4.80. The first kappa shape index (κ1) is 16.6. The number of hydrogen-bond donors (Lipinski definition) is 2. The quantitative estimate of drug-likeness (QED) is 0.716. The van der Waals surface area contributed by atoms with Gasteiger partial charge in [-0.3, -0.25) is 14.8 Å². The minimum absolute atomic E-state index is 0.0629. The number of nitrogens with one attached hydrogen (secondary N) is 2. The topological polar surface area (TPSA) is 74.2 Å². The van der Waals surface area contributed by atoms with Crippen LogP contribution < -0.4 is 5.32 Å². The lowest BCUT2D eigenvalue weighted by atomic mass is 10.1. The molecule has 0 spiro atoms. The van der Waals surface area contributed by atoms with Gasteiger partial charge in [0.1, 0.15) is 11.5 Å². The minimum atomic E-state index is -0.157. The van der Waals surface area contributed by atoms with E-state index in [4.69, 9.17) is 4.42 Å². The smallest absolute Gasteiger partial charge is 0.269 e. The highest BCUT2D eigenvalue weighted by Crippen LogP contribution is 2.25. The first-order valence-electron chi connectivity index (χ1n) is 8.98. The summed E-state index contributed by atoms with van der Waals surface area (Å²) in [5.41, 5.74) is 2.20. The first-order valence-corrected chi connectivity index (χ1v) is 8.98. The fraction of sp³-hybridized carbons (Fsp3) is 0.300. The SMILES string of the molecule is O=C(NCC(c1ccco1)N1CCCC1)c1cc(-c2ccccc2)n[nH]1. The summed E-state index contributed by atoms with van der Waals surface area (Å²) in [6.45, 7) is 2.57. The normalized spacial score (nSPS) is 15.8. The molecule has 2 aromatic heterocycles. The van der Waals surface area contributed by atoms with Crippen LogP contribution in [-0.2, 0) is 0 Å². The molecule has 6 heteroatoms. The molecule has 2 N–H and O–H groups in total. The molecule has 3 aromatic rings. The molecule has 26 heavy (non-hydrogen) atoms. The van der Waals surface area contributed by atoms with Crippen molar-refractivity contribution in [2.24, 2.45) is 0 Å². The van der Waals surface area contributed by atoms with Crippen molar-refractivity contribution in [2.45, 2.75) is 18.9 Å². The number of carbonyl (C=O) groups excluding carboxylic acids is 1. The molecule has 1 saturated heterocycles. The number of likely N-dealkylation sites (tertiary alicyclic amines) is 1. The maximum Gasteiger partial charge on any atom is 0.269 e. The summed E-state index contributed by atoms with van der Waals surface area (Å²) < 4.78 is 5.59. The van der Waals surface area contributed by atoms with Crippen molar-refractivity contribution in [2.75, 3.05) is 19.6 Å². The van der Waals surface area contributed by atoms with Gasteiger partial charge in [-0.05, 0) is 44.1 Å². The molecule has 0 saturated carbocycles. The summed E-state index contributed by atoms with van der Waals surface area (Å²) in [6, 6.07) is 15.5. The lowest BCUT2D eigenvalue weighted by Crippen LogP contribution is -2.36. The minimum Gasteiger partial charge on any atom is -0.468 e. The zero-order chi connectivity index (χ0) is 17.8. The van der Waals surface area contributed by atoms with Gasteiger partial charge in [-0.2, -0.15) is 5.10 Å². The van der Waals surface area contributed by atoms with E-state index in [1.165, 1.54) is 12.8 Å². The monoisotopic (exact) mass is 350 g/mol. The predicted molar refractivity (Wildman–Crippen MR) is 98.6 cm³/mol. The second-order valence-corrected chi connectivity index (χ2v) is 6.52. The maximum atomic E-state index is 12.5. The molecule has 3 heterocycles. The highest BCUT2D eigenvalue weighted by atomic mass is 16.3. The Hall–Kier alpha value is -2.86. The Bertz CT molecular complexity index is 836. The number of rotatable bonds is 6. The molecule has 4 rings (SSSR count). The molecule has 1 atom stereocenters. The molecule has 0 aliphatic carbocycles. The summed E-state index contributed by atoms with van der Waals surface area (Å²) in [7, 11) is 0. The summed E-state index contributed by atoms with van der Waals surface area (Å²) >= 11 is 0. The molecule has 0 bridgehead atoms. The van der Waals surface area contributed by atoms with E-state index in [-0.39, 0.29) is 11.9 Å². The van der Waals surface area contributed by atoms with E-state index < -0.39 is 0 Å². The number of hydrogen-bond acceptors (Lipinski definition) is 4. The van der Waals surface area contributed by atoms with Gasteiger partial charge < -0.3 is 9.73 Å². The molecule has 0 radical (unpaired) electrons. The van der Waals surface area contributed by atoms with Gasteiger partial charge in [-0.25, -0.2) is 0 Å². The Balaban J connectivity index is 1.43. The van der Waals surface area contributed by atoms with Crippen molar-refractivity contribution in [3.63, 3.8) is 0 Å². The van der Waals surface area contributed by atoms with Crippen LogP contribution in [0.15, 0.2) is 59.2 Å². The molecule has 6 nitrogen and oxygen atoms in total. The standard InChI is InChI=1S/C20H22N4O2/c25-20(17-13-16(22-23-17)15-7-2-1-3-8-15)21-14-18(19-9-6-12-26-19)24-10-4-5-11-24/h1-3,6-9,12-13,18H,4-5,10-11,14H2,(H,21,25)(H,22,23). The Kier molecular flexibility index (Phi) is 4.84. The third kappa shape index (κ3) is 3.55. The number of aromatic amines is 1. The Morgan fingerprint density at radius 1 is 1.19 bits per heavy atom. The summed E-state index contributed by atoms with van der Waals surface area (Å²) in [6.07, 6.45) is 4.06. The van der Waals surface area contributed by atoms with Gasteiger partial charge >= 0.3 is 0 Å². The lowest BCUT2D eigenvalue weighted by Gasteiger charge is -2.25. The highest BCUT2D eigenvalue weighted by molar-refractivity contribution is 5.93. The van der Waals surface area contributed by atoms with Gasteiger partial charge in [0.2, 0.25) is 0 Å². The number of furan rings is 1. The number of carbonyl (C=O) groups is 1. The molecule has 1 fully saturated rings. The maximum absolute atomic E-state index is 12.5. The summed E-state index contributed by atoms with van der Waals surface area (Å²) in [5, 5.41) is 10.1. The van der Waals surface area contributed by atoms with Gasteiger partial charge in [-0.1, -0.05) is 30.3 Å². The molecular weight excluding hydrogens is 328 g/mol. The van der Waals surface area contributed by atoms with Crippen LogP contribution in [0.2, 0.25) is 0 Å². The van der Waals surface area contributed by atoms with E-state index in [2.05, 4.69) is 20.4 Å². The first-order chi connectivity index (χ1) is 12.8. The molecule has 1 amide bonds. The van der Waals surface area contributed by atoms with Crippen LogP contribution in [0, 0.1) is 0 Å². The van der Waals surface area contributed by atoms with E-state index in [9.17, 15) is 4.79 Å². The van der Waals surface area contributed by atoms with Crippen molar-refractivity contribution in [1.29, 1.82) is 0 Å². The molecular formula is C20H22N4O2. The van der Waals surface area contributed by atoms with E-state index in [1.807, 2.05) is 42.5 Å². The van der Waals surface area contributed by atoms with E-state index in [0.29, 0.717) is 12.2 Å². The molecule has 1 unspecified atom stereocenters. The van der Waals surface area contributed by atoms with Crippen LogP contribution in [-0.4, -0.2) is 40.6 Å². The van der Waals surface area contributed by atoms with Gasteiger partial charge in [0.25, 0.3) is 5.91 Å². The second kappa shape index (κ2) is 7.58. The molecule has 1 aromatic carbocycles. The zero-order valence-corrected chi connectivity index (χ0v) is 14.5. The zero-order valence-electron chi connectivity index (χ0n) is 14.5. The largest absolute Gasteiger partial charge is 0.468 e. The molecule has 134 valence electrons. The molecule has 1 aliphatic rings. The number of aromatic nitrogens is 2. The average Bonchev–Trinajstić information content (AvgIpc) is 3.44. The van der Waals surface area contributed by atoms with E-state index >= 15 is 0 Å². The predicted octanol–water partition coefficient (Wildman–Crippen LogP) is 3.24. The number of H-pyrrole nitrogens is 1. The fourth-order valence-electron chi connectivity index (χ4n) is 3.42. The third-order valence-corrected chi connectivity index (χ3v) is 4.80. The highest BCUT2D eigenvalue weighted by Gasteiger charge is 2.26. The Labute approximate surface area is 152 Å². The van der Waals surface area contributed by atoms with Gasteiger partial charge in [-0.15, -0.1) is 0 Å². The van der Waals surface area contributed by atoms with Crippen LogP contribution in [0.1, 0.15) is 35.1 Å². The van der Waals surface area contributed by atoms with Crippen LogP contribution in [0.3, 0.4) is 0 Å². The lowest BCUT2D eigenvalue weighted by molar-refractivity contribution is 0.0928. The van der Waals surface area contributed by atoms with Crippen molar-refractivity contribution < 1.29 is 9.21 Å². The van der Waals surface area contributed by atoms with Crippen molar-refractivity contribution in [1.82, 2.24) is 20.4 Å². The Morgan fingerprint density at radius 3 is 2.73 bits per heavy atom. The number of amides is 1. The van der Waals surface area contributed by atoms with Gasteiger partial charge in [0.15, 0.2) is 0 Å². The van der Waals surface area contributed by atoms with Crippen molar-refractivity contribution >= 4 is 5.91 Å². The van der Waals surface area contributed by atoms with Crippen molar-refractivity contribution in [3.05, 3.63) is 66.2 Å². The van der Waals surface area contributed by atoms with Gasteiger partial charge in [0.05, 0.1) is 18.0 Å². The van der Waals surface area contributed by atoms with Crippen LogP contribution in [0.25, 0.3) is 11.3 Å². The van der Waals surface area contributed by atoms with Crippen LogP contribution in [0.5, 0.6) is 0 Å². The van der Waals surface area contributed by atoms with Crippen molar-refractivity contribution in [3.8, 4) is 11.3 Å². The second-order valence-electron chi connectivity index (χ2n) is 6.52. The van der Waals surface area contributed by atoms with Crippen LogP contribution in [0.4, 0.5) is 0 Å². The summed E-state index contributed by atoms with van der Waals surface area (Å²) in [5.74, 6) is 0.734. The van der Waals surface area contributed by atoms with Crippen LogP contribution >= 0.6 is 0 Å². The molecule has 1 aliphatic heterocycles. The Morgan fingerprint density at radius 2 is 2.00 bits per heavy atom. The summed E-state index contributed by atoms with van der Waals surface area (Å²) in [4.78, 5) is 14.9. The number of nitrogens with zero attached hydrogens (tertiary/aromatic N) is 2. The number of benzene rings is 1. The van der Waals surface area contributed by atoms with E-state index in [0.717, 1.165) is 30.1 Å².